The van der Waals surface area contributed by atoms with E-state index in [1.807, 2.05) is 6.92 Å². The number of ether oxygens (including phenoxy) is 2. The van der Waals surface area contributed by atoms with Crippen LogP contribution in [0.15, 0.2) is 30.0 Å². The predicted molar refractivity (Wildman–Crippen MR) is 92.7 cm³/mol. The molecule has 0 heterocycles. The highest BCUT2D eigenvalue weighted by Crippen LogP contribution is 2.28. The monoisotopic (exact) mass is 334 g/mol. The van der Waals surface area contributed by atoms with Crippen molar-refractivity contribution in [2.45, 2.75) is 39.5 Å². The highest BCUT2D eigenvalue weighted by molar-refractivity contribution is 6.03. The Bertz CT molecular complexity index is 604. The van der Waals surface area contributed by atoms with Crippen LogP contribution in [0.2, 0.25) is 0 Å². The van der Waals surface area contributed by atoms with Crippen molar-refractivity contribution in [3.05, 3.63) is 41.2 Å². The molecule has 0 saturated heterocycles. The van der Waals surface area contributed by atoms with Gasteiger partial charge in [0.05, 0.1) is 14.2 Å². The van der Waals surface area contributed by atoms with Crippen LogP contribution in [0.25, 0.3) is 5.76 Å². The number of hydrogen-bond acceptors (Lipinski definition) is 4. The first kappa shape index (κ1) is 19.7. The molecule has 0 aliphatic carbocycles. The molecule has 5 nitrogen and oxygen atoms in total. The second-order valence-corrected chi connectivity index (χ2v) is 5.53. The van der Waals surface area contributed by atoms with Crippen LogP contribution in [-0.4, -0.2) is 31.1 Å². The highest BCUT2D eigenvalue weighted by atomic mass is 16.5. The van der Waals surface area contributed by atoms with E-state index >= 15 is 0 Å². The molecule has 0 bridgehead atoms. The molecule has 1 unspecified atom stereocenters. The van der Waals surface area contributed by atoms with Gasteiger partial charge in [-0.1, -0.05) is 51.0 Å². The minimum atomic E-state index is -1.24. The number of rotatable bonds is 10. The zero-order chi connectivity index (χ0) is 18.1. The van der Waals surface area contributed by atoms with Crippen LogP contribution in [-0.2, 0) is 14.3 Å². The third-order valence-corrected chi connectivity index (χ3v) is 4.02. The van der Waals surface area contributed by atoms with Crippen molar-refractivity contribution in [2.24, 2.45) is 5.92 Å². The summed E-state index contributed by atoms with van der Waals surface area (Å²) in [5.74, 6) is -1.58. The fraction of sp³-hybridized carbons (Fsp3) is 0.474. The maximum absolute atomic E-state index is 12.9. The Balaban J connectivity index is 3.38. The number of hydrogen-bond donors (Lipinski definition) is 1. The van der Waals surface area contributed by atoms with Crippen LogP contribution < -0.4 is 0 Å². The first-order valence-corrected chi connectivity index (χ1v) is 8.20. The van der Waals surface area contributed by atoms with E-state index in [1.54, 1.807) is 24.3 Å². The topological polar surface area (TPSA) is 72.8 Å². The number of carboxylic acids is 1. The lowest BCUT2D eigenvalue weighted by molar-refractivity contribution is -0.136. The van der Waals surface area contributed by atoms with Gasteiger partial charge in [0, 0.05) is 17.0 Å². The van der Waals surface area contributed by atoms with E-state index in [0.717, 1.165) is 25.7 Å². The average Bonchev–Trinajstić information content (AvgIpc) is 2.59. The first-order valence-electron chi connectivity index (χ1n) is 8.20. The van der Waals surface area contributed by atoms with E-state index in [0.29, 0.717) is 11.1 Å². The molecule has 0 aromatic heterocycles. The molecule has 1 atom stereocenters. The fourth-order valence-corrected chi connectivity index (χ4v) is 2.69. The van der Waals surface area contributed by atoms with E-state index in [-0.39, 0.29) is 23.2 Å². The highest BCUT2D eigenvalue weighted by Gasteiger charge is 2.25. The molecule has 24 heavy (non-hydrogen) atoms. The minimum Gasteiger partial charge on any atom is -0.492 e. The second kappa shape index (κ2) is 9.75. The van der Waals surface area contributed by atoms with E-state index in [9.17, 15) is 14.7 Å². The molecule has 132 valence electrons. The fourth-order valence-electron chi connectivity index (χ4n) is 2.69. The van der Waals surface area contributed by atoms with Gasteiger partial charge in [0.15, 0.2) is 11.5 Å². The van der Waals surface area contributed by atoms with Crippen LogP contribution in [0.1, 0.15) is 55.5 Å². The molecule has 1 aromatic carbocycles. The van der Waals surface area contributed by atoms with Gasteiger partial charge in [0.25, 0.3) is 0 Å². The van der Waals surface area contributed by atoms with E-state index in [2.05, 4.69) is 6.92 Å². The Labute approximate surface area is 143 Å². The second-order valence-electron chi connectivity index (χ2n) is 5.53. The Kier molecular flexibility index (Phi) is 8.02. The van der Waals surface area contributed by atoms with Gasteiger partial charge in [-0.15, -0.1) is 0 Å². The van der Waals surface area contributed by atoms with Crippen molar-refractivity contribution in [1.29, 1.82) is 0 Å². The number of carboxylic acid groups (broad SMARTS) is 1. The Morgan fingerprint density at radius 1 is 1.08 bits per heavy atom. The van der Waals surface area contributed by atoms with E-state index < -0.39 is 5.97 Å². The van der Waals surface area contributed by atoms with Crippen molar-refractivity contribution in [3.8, 4) is 0 Å². The van der Waals surface area contributed by atoms with Crippen LogP contribution in [0.3, 0.4) is 0 Å². The molecule has 0 aliphatic heterocycles. The minimum absolute atomic E-state index is 0.0111. The third-order valence-electron chi connectivity index (χ3n) is 4.02. The maximum atomic E-state index is 12.9. The Morgan fingerprint density at radius 2 is 1.71 bits per heavy atom. The summed E-state index contributed by atoms with van der Waals surface area (Å²) in [6, 6.07) is 6.90. The number of unbranched alkanes of at least 4 members (excludes halogenated alkanes) is 1. The normalized spacial score (nSPS) is 13.0. The summed E-state index contributed by atoms with van der Waals surface area (Å²) >= 11 is 0. The number of benzene rings is 1. The molecular formula is C19H26O5. The summed E-state index contributed by atoms with van der Waals surface area (Å²) in [7, 11) is 2.63. The zero-order valence-electron chi connectivity index (χ0n) is 14.8. The molecule has 0 spiro atoms. The summed E-state index contributed by atoms with van der Waals surface area (Å²) in [5.41, 5.74) is 0.910. The molecule has 0 fully saturated rings. The molecule has 0 saturated carbocycles. The molecule has 1 aromatic rings. The lowest BCUT2D eigenvalue weighted by Gasteiger charge is -2.18. The van der Waals surface area contributed by atoms with Crippen molar-refractivity contribution in [2.75, 3.05) is 14.2 Å². The number of Topliss-reactive ketones (excluding diaryl/α,β-unsaturated/α-hetero) is 1. The SMILES string of the molecule is CCCCC(CC)C(=O)c1ccccc1C(OC)=C(OC)C(=O)O. The van der Waals surface area contributed by atoms with Crippen molar-refractivity contribution in [3.63, 3.8) is 0 Å². The van der Waals surface area contributed by atoms with Gasteiger partial charge in [-0.2, -0.15) is 0 Å². The van der Waals surface area contributed by atoms with E-state index in [1.165, 1.54) is 14.2 Å². The number of carbonyl (C=O) groups is 2. The summed E-state index contributed by atoms with van der Waals surface area (Å²) in [6.07, 6.45) is 3.58. The number of carbonyl (C=O) groups excluding carboxylic acids is 1. The quantitative estimate of drug-likeness (QED) is 0.396. The maximum Gasteiger partial charge on any atom is 0.375 e. The van der Waals surface area contributed by atoms with Crippen LogP contribution in [0.4, 0.5) is 0 Å². The largest absolute Gasteiger partial charge is 0.492 e. The lowest BCUT2D eigenvalue weighted by Crippen LogP contribution is -2.17. The number of methoxy groups -OCH3 is 2. The van der Waals surface area contributed by atoms with Gasteiger partial charge in [-0.25, -0.2) is 4.79 Å². The molecular weight excluding hydrogens is 308 g/mol. The molecule has 1 N–H and O–H groups in total. The van der Waals surface area contributed by atoms with Gasteiger partial charge in [-0.3, -0.25) is 4.79 Å². The standard InChI is InChI=1S/C19H26O5/c1-5-7-10-13(6-2)16(20)14-11-8-9-12-15(14)17(23-3)18(24-4)19(21)22/h8-9,11-13H,5-7,10H2,1-4H3,(H,21,22). The van der Waals surface area contributed by atoms with Crippen molar-refractivity contribution < 1.29 is 24.2 Å². The van der Waals surface area contributed by atoms with Gasteiger partial charge in [0.1, 0.15) is 0 Å². The Hall–Kier alpha value is -2.30. The third kappa shape index (κ3) is 4.60. The summed E-state index contributed by atoms with van der Waals surface area (Å²) in [5, 5.41) is 9.29. The van der Waals surface area contributed by atoms with Crippen LogP contribution in [0.5, 0.6) is 0 Å². The first-order chi connectivity index (χ1) is 11.5. The van der Waals surface area contributed by atoms with Crippen molar-refractivity contribution in [1.82, 2.24) is 0 Å². The van der Waals surface area contributed by atoms with Crippen LogP contribution >= 0.6 is 0 Å². The molecule has 1 rings (SSSR count). The summed E-state index contributed by atoms with van der Waals surface area (Å²) < 4.78 is 10.2. The van der Waals surface area contributed by atoms with Gasteiger partial charge < -0.3 is 14.6 Å². The summed E-state index contributed by atoms with van der Waals surface area (Å²) in [4.78, 5) is 24.3. The lowest BCUT2D eigenvalue weighted by atomic mass is 9.88. The number of aliphatic carboxylic acids is 1. The predicted octanol–water partition coefficient (Wildman–Crippen LogP) is 4.13. The molecule has 5 heteroatoms. The molecule has 0 amide bonds. The molecule has 0 aliphatic rings. The average molecular weight is 334 g/mol. The van der Waals surface area contributed by atoms with Gasteiger partial charge >= 0.3 is 5.97 Å². The molecule has 0 radical (unpaired) electrons. The summed E-state index contributed by atoms with van der Waals surface area (Å²) in [6.45, 7) is 4.08. The smallest absolute Gasteiger partial charge is 0.375 e. The van der Waals surface area contributed by atoms with Gasteiger partial charge in [0.2, 0.25) is 5.76 Å². The van der Waals surface area contributed by atoms with Crippen LogP contribution in [0, 0.1) is 5.92 Å². The van der Waals surface area contributed by atoms with E-state index in [4.69, 9.17) is 9.47 Å². The van der Waals surface area contributed by atoms with Gasteiger partial charge in [-0.05, 0) is 12.8 Å². The number of ketones is 1. The van der Waals surface area contributed by atoms with Crippen molar-refractivity contribution >= 4 is 17.5 Å². The Morgan fingerprint density at radius 3 is 2.17 bits per heavy atom. The zero-order valence-corrected chi connectivity index (χ0v) is 14.8.